The molecular formula is C28H34Cl2N4O3. The van der Waals surface area contributed by atoms with E-state index in [1.54, 1.807) is 0 Å². The summed E-state index contributed by atoms with van der Waals surface area (Å²) < 4.78 is 0. The minimum atomic E-state index is -0.609. The van der Waals surface area contributed by atoms with Gasteiger partial charge in [-0.3, -0.25) is 24.6 Å². The average Bonchev–Trinajstić information content (AvgIpc) is 2.87. The van der Waals surface area contributed by atoms with Crippen molar-refractivity contribution in [3.63, 3.8) is 0 Å². The normalized spacial score (nSPS) is 18.6. The molecule has 2 aromatic carbocycles. The number of hydrogen-bond acceptors (Lipinski definition) is 5. The molecule has 0 bridgehead atoms. The number of piperidine rings is 1. The van der Waals surface area contributed by atoms with Gasteiger partial charge in [0, 0.05) is 39.1 Å². The third-order valence-electron chi connectivity index (χ3n) is 7.39. The Morgan fingerprint density at radius 1 is 1.03 bits per heavy atom. The van der Waals surface area contributed by atoms with Crippen LogP contribution in [0.4, 0.5) is 5.69 Å². The fourth-order valence-corrected chi connectivity index (χ4v) is 5.90. The zero-order chi connectivity index (χ0) is 26.4. The average molecular weight is 546 g/mol. The lowest BCUT2D eigenvalue weighted by molar-refractivity contribution is -0.141. The zero-order valence-corrected chi connectivity index (χ0v) is 22.7. The number of piperazine rings is 1. The molecule has 1 atom stereocenters. The first-order valence-electron chi connectivity index (χ1n) is 12.9. The lowest BCUT2D eigenvalue weighted by Crippen LogP contribution is -2.51. The minimum absolute atomic E-state index is 0.251. The first-order valence-corrected chi connectivity index (χ1v) is 13.7. The van der Waals surface area contributed by atoms with Crippen LogP contribution in [0.3, 0.4) is 0 Å². The summed E-state index contributed by atoms with van der Waals surface area (Å²) >= 11 is 12.8. The molecule has 0 aromatic heterocycles. The van der Waals surface area contributed by atoms with Crippen molar-refractivity contribution >= 4 is 47.1 Å². The highest BCUT2D eigenvalue weighted by Crippen LogP contribution is 2.34. The van der Waals surface area contributed by atoms with Gasteiger partial charge in [0.25, 0.3) is 0 Å². The van der Waals surface area contributed by atoms with Gasteiger partial charge in [0.2, 0.25) is 18.2 Å². The number of carbonyl (C=O) groups excluding carboxylic acids is 3. The van der Waals surface area contributed by atoms with Gasteiger partial charge < -0.3 is 9.80 Å². The van der Waals surface area contributed by atoms with E-state index in [9.17, 15) is 14.4 Å². The van der Waals surface area contributed by atoms with E-state index in [0.717, 1.165) is 75.2 Å². The Labute approximate surface area is 228 Å². The summed E-state index contributed by atoms with van der Waals surface area (Å²) in [5.74, 6) is -0.673. The van der Waals surface area contributed by atoms with Crippen LogP contribution >= 0.6 is 23.2 Å². The molecule has 2 saturated heterocycles. The number of halogens is 2. The maximum atomic E-state index is 12.3. The van der Waals surface area contributed by atoms with E-state index in [1.807, 2.05) is 37.3 Å². The fourth-order valence-electron chi connectivity index (χ4n) is 5.26. The maximum Gasteiger partial charge on any atom is 0.249 e. The summed E-state index contributed by atoms with van der Waals surface area (Å²) in [7, 11) is 0. The van der Waals surface area contributed by atoms with Gasteiger partial charge in [-0.25, -0.2) is 0 Å². The number of unbranched alkanes of at least 4 members (excludes halogenated alkanes) is 1. The molecule has 1 unspecified atom stereocenters. The standard InChI is InChI=1S/C28H34Cl2N4O3/c1-20-6-4-8-21(22(20)18-34(19-35)25-11-12-26(36)31-28(25)37)7-2-3-13-32-14-16-33(17-15-32)27-23(29)9-5-10-24(27)30/h4-6,8-10,19,25H,2-3,7,11-18H2,1H3,(H,31,36,37). The largest absolute Gasteiger partial charge is 0.367 e. The van der Waals surface area contributed by atoms with Crippen LogP contribution in [-0.4, -0.2) is 66.8 Å². The number of para-hydroxylation sites is 1. The summed E-state index contributed by atoms with van der Waals surface area (Å²) in [6, 6.07) is 11.2. The smallest absolute Gasteiger partial charge is 0.249 e. The summed E-state index contributed by atoms with van der Waals surface area (Å²) in [6.45, 7) is 7.17. The molecule has 2 fully saturated rings. The van der Waals surface area contributed by atoms with E-state index in [0.29, 0.717) is 23.0 Å². The van der Waals surface area contributed by atoms with Gasteiger partial charge >= 0.3 is 0 Å². The molecule has 2 aliphatic rings. The van der Waals surface area contributed by atoms with Crippen molar-refractivity contribution in [2.75, 3.05) is 37.6 Å². The third kappa shape index (κ3) is 6.83. The number of aryl methyl sites for hydroxylation is 2. The predicted octanol–water partition coefficient (Wildman–Crippen LogP) is 4.21. The maximum absolute atomic E-state index is 12.3. The lowest BCUT2D eigenvalue weighted by Gasteiger charge is -2.36. The number of nitrogens with one attached hydrogen (secondary N) is 1. The summed E-state index contributed by atoms with van der Waals surface area (Å²) in [5.41, 5.74) is 4.33. The molecule has 198 valence electrons. The van der Waals surface area contributed by atoms with E-state index >= 15 is 0 Å². The Bertz CT molecular complexity index is 1110. The van der Waals surface area contributed by atoms with Crippen molar-refractivity contribution in [1.29, 1.82) is 0 Å². The van der Waals surface area contributed by atoms with Gasteiger partial charge in [-0.1, -0.05) is 47.5 Å². The Morgan fingerprint density at radius 2 is 1.73 bits per heavy atom. The quantitative estimate of drug-likeness (QED) is 0.275. The Kier molecular flexibility index (Phi) is 9.46. The van der Waals surface area contributed by atoms with Crippen LogP contribution in [0.2, 0.25) is 10.0 Å². The molecule has 2 heterocycles. The molecule has 4 rings (SSSR count). The van der Waals surface area contributed by atoms with E-state index in [-0.39, 0.29) is 12.3 Å². The number of amides is 3. The molecule has 0 saturated carbocycles. The Balaban J connectivity index is 1.28. The van der Waals surface area contributed by atoms with Crippen LogP contribution in [0.15, 0.2) is 36.4 Å². The van der Waals surface area contributed by atoms with Crippen molar-refractivity contribution in [2.24, 2.45) is 0 Å². The topological polar surface area (TPSA) is 73.0 Å². The van der Waals surface area contributed by atoms with E-state index in [2.05, 4.69) is 21.2 Å². The number of rotatable bonds is 10. The second-order valence-corrected chi connectivity index (χ2v) is 10.6. The van der Waals surface area contributed by atoms with Crippen LogP contribution < -0.4 is 10.2 Å². The van der Waals surface area contributed by atoms with Crippen molar-refractivity contribution in [3.8, 4) is 0 Å². The highest BCUT2D eigenvalue weighted by Gasteiger charge is 2.31. The highest BCUT2D eigenvalue weighted by molar-refractivity contribution is 6.39. The lowest BCUT2D eigenvalue weighted by atomic mass is 9.96. The molecule has 3 amide bonds. The highest BCUT2D eigenvalue weighted by atomic mass is 35.5. The van der Waals surface area contributed by atoms with Crippen molar-refractivity contribution < 1.29 is 14.4 Å². The van der Waals surface area contributed by atoms with Gasteiger partial charge in [-0.05, 0) is 68.0 Å². The number of nitrogens with zero attached hydrogens (tertiary/aromatic N) is 3. The molecule has 0 radical (unpaired) electrons. The molecule has 0 aliphatic carbocycles. The van der Waals surface area contributed by atoms with Gasteiger partial charge in [0.15, 0.2) is 0 Å². The predicted molar refractivity (Wildman–Crippen MR) is 147 cm³/mol. The van der Waals surface area contributed by atoms with Crippen LogP contribution in [0.5, 0.6) is 0 Å². The van der Waals surface area contributed by atoms with E-state index in [4.69, 9.17) is 23.2 Å². The number of hydrogen-bond donors (Lipinski definition) is 1. The zero-order valence-electron chi connectivity index (χ0n) is 21.2. The molecule has 37 heavy (non-hydrogen) atoms. The van der Waals surface area contributed by atoms with Crippen LogP contribution in [0, 0.1) is 6.92 Å². The third-order valence-corrected chi connectivity index (χ3v) is 8.00. The number of carbonyl (C=O) groups is 3. The minimum Gasteiger partial charge on any atom is -0.367 e. The molecular weight excluding hydrogens is 511 g/mol. The van der Waals surface area contributed by atoms with Gasteiger partial charge in [-0.15, -0.1) is 0 Å². The molecule has 9 heteroatoms. The Morgan fingerprint density at radius 3 is 2.41 bits per heavy atom. The monoisotopic (exact) mass is 544 g/mol. The van der Waals surface area contributed by atoms with Crippen LogP contribution in [0.25, 0.3) is 0 Å². The van der Waals surface area contributed by atoms with Crippen molar-refractivity contribution in [2.45, 2.75) is 51.6 Å². The van der Waals surface area contributed by atoms with E-state index < -0.39 is 11.9 Å². The van der Waals surface area contributed by atoms with Crippen molar-refractivity contribution in [3.05, 3.63) is 63.1 Å². The Hall–Kier alpha value is -2.61. The summed E-state index contributed by atoms with van der Waals surface area (Å²) in [5, 5.41) is 3.74. The van der Waals surface area contributed by atoms with E-state index in [1.165, 1.54) is 10.5 Å². The molecule has 7 nitrogen and oxygen atoms in total. The number of anilines is 1. The number of imide groups is 1. The number of benzene rings is 2. The molecule has 0 spiro atoms. The second kappa shape index (κ2) is 12.8. The van der Waals surface area contributed by atoms with Crippen molar-refractivity contribution in [1.82, 2.24) is 15.1 Å². The first kappa shape index (κ1) is 27.4. The molecule has 2 aromatic rings. The van der Waals surface area contributed by atoms with Gasteiger partial charge in [0.1, 0.15) is 6.04 Å². The summed E-state index contributed by atoms with van der Waals surface area (Å²) in [6.07, 6.45) is 4.36. The molecule has 2 aliphatic heterocycles. The van der Waals surface area contributed by atoms with Gasteiger partial charge in [-0.2, -0.15) is 0 Å². The fraction of sp³-hybridized carbons (Fsp3) is 0.464. The van der Waals surface area contributed by atoms with Gasteiger partial charge in [0.05, 0.1) is 15.7 Å². The second-order valence-electron chi connectivity index (χ2n) is 9.81. The summed E-state index contributed by atoms with van der Waals surface area (Å²) in [4.78, 5) is 42.0. The SMILES string of the molecule is Cc1cccc(CCCCN2CCN(c3c(Cl)cccc3Cl)CC2)c1CN(C=O)C1CCC(=O)NC1=O. The van der Waals surface area contributed by atoms with Crippen LogP contribution in [0.1, 0.15) is 42.4 Å². The van der Waals surface area contributed by atoms with Crippen LogP contribution in [-0.2, 0) is 27.3 Å². The molecule has 1 N–H and O–H groups in total. The first-order chi connectivity index (χ1) is 17.9.